The fourth-order valence-electron chi connectivity index (χ4n) is 3.94. The minimum Gasteiger partial charge on any atom is -0.480 e. The molecule has 0 aliphatic carbocycles. The Bertz CT molecular complexity index is 1860. The van der Waals surface area contributed by atoms with Crippen LogP contribution in [0.25, 0.3) is 11.3 Å². The first-order valence-electron chi connectivity index (χ1n) is 13.6. The highest BCUT2D eigenvalue weighted by Crippen LogP contribution is 2.21. The van der Waals surface area contributed by atoms with Crippen molar-refractivity contribution < 1.29 is 37.7 Å². The highest BCUT2D eigenvalue weighted by molar-refractivity contribution is 5.83. The number of halogens is 2. The quantitative estimate of drug-likeness (QED) is 0.218. The molecule has 0 aliphatic heterocycles. The van der Waals surface area contributed by atoms with Crippen LogP contribution in [0, 0.1) is 11.6 Å². The lowest BCUT2D eigenvalue weighted by Crippen LogP contribution is -2.41. The van der Waals surface area contributed by atoms with Crippen molar-refractivity contribution in [2.75, 3.05) is 31.0 Å². The second-order valence-corrected chi connectivity index (χ2v) is 10.6. The van der Waals surface area contributed by atoms with Crippen molar-refractivity contribution in [2.24, 2.45) is 0 Å². The van der Waals surface area contributed by atoms with Crippen LogP contribution < -0.4 is 31.2 Å². The van der Waals surface area contributed by atoms with Crippen LogP contribution in [0.1, 0.15) is 41.5 Å². The highest BCUT2D eigenvalue weighted by atomic mass is 19.1. The number of hydrogen-bond acceptors (Lipinski definition) is 11. The van der Waals surface area contributed by atoms with Crippen molar-refractivity contribution in [1.82, 2.24) is 18.8 Å². The molecular weight excluding hydrogens is 598 g/mol. The number of aliphatic carboxylic acids is 1. The van der Waals surface area contributed by atoms with Crippen molar-refractivity contribution in [2.45, 2.75) is 52.6 Å². The molecule has 0 atom stereocenters. The highest BCUT2D eigenvalue weighted by Gasteiger charge is 2.29. The van der Waals surface area contributed by atoms with Crippen molar-refractivity contribution >= 4 is 34.6 Å². The molecule has 45 heavy (non-hydrogen) atoms. The summed E-state index contributed by atoms with van der Waals surface area (Å²) in [6.07, 6.45) is 2.67. The molecule has 242 valence electrons. The maximum Gasteiger partial charge on any atom is 0.330 e. The number of nitrogens with one attached hydrogen (secondary N) is 2. The zero-order valence-electron chi connectivity index (χ0n) is 25.7. The third-order valence-electron chi connectivity index (χ3n) is 6.11. The fourth-order valence-corrected chi connectivity index (χ4v) is 3.94. The van der Waals surface area contributed by atoms with Crippen LogP contribution >= 0.6 is 0 Å². The zero-order chi connectivity index (χ0) is 33.7. The van der Waals surface area contributed by atoms with Crippen molar-refractivity contribution in [3.8, 4) is 11.8 Å². The number of carboxylic acids is 1. The van der Waals surface area contributed by atoms with E-state index < -0.39 is 45.8 Å². The maximum atomic E-state index is 14.3. The molecule has 0 radical (unpaired) electrons. The molecule has 16 heteroatoms. The lowest BCUT2D eigenvalue weighted by Gasteiger charge is -2.24. The predicted octanol–water partition coefficient (Wildman–Crippen LogP) is 3.10. The van der Waals surface area contributed by atoms with E-state index in [1.165, 1.54) is 39.4 Å². The van der Waals surface area contributed by atoms with Gasteiger partial charge in [-0.25, -0.2) is 18.4 Å². The number of hydrogen-bond donors (Lipinski definition) is 3. The summed E-state index contributed by atoms with van der Waals surface area (Å²) in [5.41, 5.74) is -3.35. The van der Waals surface area contributed by atoms with Gasteiger partial charge in [0, 0.05) is 24.5 Å². The molecule has 0 fully saturated rings. The Hall–Kier alpha value is -5.28. The average Bonchev–Trinajstić information content (AvgIpc) is 2.94. The fraction of sp³-hybridized carbons (Fsp3) is 0.379. The minimum absolute atomic E-state index is 0.0398. The Morgan fingerprint density at radius 2 is 1.20 bits per heavy atom. The van der Waals surface area contributed by atoms with E-state index in [1.54, 1.807) is 27.7 Å². The number of carbonyl (C=O) groups is 2. The summed E-state index contributed by atoms with van der Waals surface area (Å²) in [6, 6.07) is 4.55. The SMILES string of the molecule is CCOc1cc(=O)n2cc(NC(C)(C)C(=O)O)cc(F)c2n1.CCOc1cc(=O)n2cc(NC(C)(C)C(=O)OC)cc(F)c2n1. The summed E-state index contributed by atoms with van der Waals surface area (Å²) >= 11 is 0. The molecule has 14 nitrogen and oxygen atoms in total. The predicted molar refractivity (Wildman–Crippen MR) is 160 cm³/mol. The number of anilines is 2. The Kier molecular flexibility index (Phi) is 10.3. The Labute approximate surface area is 255 Å². The topological polar surface area (TPSA) is 175 Å². The van der Waals surface area contributed by atoms with Crippen molar-refractivity contribution in [3.63, 3.8) is 0 Å². The molecule has 4 heterocycles. The van der Waals surface area contributed by atoms with Gasteiger partial charge in [-0.3, -0.25) is 18.4 Å². The van der Waals surface area contributed by atoms with Gasteiger partial charge in [0.05, 0.1) is 43.8 Å². The average molecular weight is 633 g/mol. The molecule has 0 spiro atoms. The van der Waals surface area contributed by atoms with E-state index in [4.69, 9.17) is 14.6 Å². The first-order valence-corrected chi connectivity index (χ1v) is 13.6. The van der Waals surface area contributed by atoms with Crippen molar-refractivity contribution in [1.29, 1.82) is 0 Å². The monoisotopic (exact) mass is 632 g/mol. The largest absolute Gasteiger partial charge is 0.480 e. The van der Waals surface area contributed by atoms with E-state index in [9.17, 15) is 28.0 Å². The summed E-state index contributed by atoms with van der Waals surface area (Å²) in [6.45, 7) is 10.1. The smallest absolute Gasteiger partial charge is 0.330 e. The molecule has 0 unspecified atom stereocenters. The van der Waals surface area contributed by atoms with Gasteiger partial charge in [-0.1, -0.05) is 0 Å². The van der Waals surface area contributed by atoms with Crippen LogP contribution in [0.2, 0.25) is 0 Å². The molecule has 0 amide bonds. The summed E-state index contributed by atoms with van der Waals surface area (Å²) in [7, 11) is 1.26. The number of pyridine rings is 2. The number of rotatable bonds is 10. The summed E-state index contributed by atoms with van der Waals surface area (Å²) in [4.78, 5) is 54.8. The standard InChI is InChI=1S/C15H18FN3O4.C14H16FN3O4/c1-5-23-11-7-12(20)19-8-9(6-10(16)13(19)17-11)18-15(2,3)14(21)22-4;1-4-22-10-6-11(19)18-7-8(5-9(15)12(18)16-10)17-14(2,3)13(20)21/h6-8,18H,5H2,1-4H3;5-7,17H,4H2,1-3H3,(H,20,21). The summed E-state index contributed by atoms with van der Waals surface area (Å²) in [5.74, 6) is -3.00. The number of carboxylic acid groups (broad SMARTS) is 1. The third-order valence-corrected chi connectivity index (χ3v) is 6.11. The number of carbonyl (C=O) groups excluding carboxylic acids is 1. The minimum atomic E-state index is -1.32. The van der Waals surface area contributed by atoms with Crippen LogP contribution in [-0.4, -0.2) is 67.2 Å². The number of ether oxygens (including phenoxy) is 3. The molecule has 3 N–H and O–H groups in total. The molecule has 4 aromatic heterocycles. The van der Waals surface area contributed by atoms with Gasteiger partial charge < -0.3 is 30.0 Å². The lowest BCUT2D eigenvalue weighted by atomic mass is 10.1. The number of fused-ring (bicyclic) bond motifs is 2. The lowest BCUT2D eigenvalue weighted by molar-refractivity contribution is -0.144. The Balaban J connectivity index is 0.000000246. The second-order valence-electron chi connectivity index (χ2n) is 10.6. The molecule has 0 saturated carbocycles. The number of esters is 1. The van der Waals surface area contributed by atoms with Crippen LogP contribution in [0.5, 0.6) is 11.8 Å². The van der Waals surface area contributed by atoms with E-state index >= 15 is 0 Å². The van der Waals surface area contributed by atoms with Crippen LogP contribution in [-0.2, 0) is 14.3 Å². The molecular formula is C29H34F2N6O8. The van der Waals surface area contributed by atoms with Gasteiger partial charge >= 0.3 is 11.9 Å². The first kappa shape index (κ1) is 34.2. The first-order chi connectivity index (χ1) is 21.0. The molecule has 0 aromatic carbocycles. The normalized spacial score (nSPS) is 11.4. The Morgan fingerprint density at radius 1 is 0.800 bits per heavy atom. The van der Waals surface area contributed by atoms with Gasteiger partial charge in [-0.15, -0.1) is 0 Å². The zero-order valence-corrected chi connectivity index (χ0v) is 25.7. The van der Waals surface area contributed by atoms with Crippen LogP contribution in [0.15, 0.2) is 46.2 Å². The van der Waals surface area contributed by atoms with Crippen LogP contribution in [0.3, 0.4) is 0 Å². The van der Waals surface area contributed by atoms with Crippen molar-refractivity contribution in [3.05, 3.63) is 69.0 Å². The van der Waals surface area contributed by atoms with E-state index in [1.807, 2.05) is 0 Å². The van der Waals surface area contributed by atoms with Gasteiger partial charge in [-0.05, 0) is 41.5 Å². The van der Waals surface area contributed by atoms with Gasteiger partial charge in [-0.2, -0.15) is 9.97 Å². The van der Waals surface area contributed by atoms with Gasteiger partial charge in [0.1, 0.15) is 11.1 Å². The summed E-state index contributed by atoms with van der Waals surface area (Å²) in [5, 5.41) is 14.6. The number of aromatic nitrogens is 4. The number of methoxy groups -OCH3 is 1. The molecule has 4 rings (SSSR count). The van der Waals surface area contributed by atoms with E-state index in [0.717, 1.165) is 27.0 Å². The van der Waals surface area contributed by atoms with Gasteiger partial charge in [0.15, 0.2) is 22.9 Å². The third kappa shape index (κ3) is 8.01. The van der Waals surface area contributed by atoms with Crippen LogP contribution in [0.4, 0.5) is 20.2 Å². The molecule has 0 aliphatic rings. The van der Waals surface area contributed by atoms with E-state index in [0.29, 0.717) is 13.2 Å². The molecule has 4 aromatic rings. The number of nitrogens with zero attached hydrogens (tertiary/aromatic N) is 4. The summed E-state index contributed by atoms with van der Waals surface area (Å²) < 4.78 is 45.4. The molecule has 0 bridgehead atoms. The Morgan fingerprint density at radius 3 is 1.56 bits per heavy atom. The van der Waals surface area contributed by atoms with Gasteiger partial charge in [0.2, 0.25) is 11.8 Å². The van der Waals surface area contributed by atoms with E-state index in [-0.39, 0.29) is 34.4 Å². The second kappa shape index (κ2) is 13.6. The van der Waals surface area contributed by atoms with Gasteiger partial charge in [0.25, 0.3) is 11.1 Å². The molecule has 0 saturated heterocycles. The van der Waals surface area contributed by atoms with E-state index in [2.05, 4.69) is 25.3 Å². The maximum absolute atomic E-state index is 14.3.